The molecule has 23 heavy (non-hydrogen) atoms. The average molecular weight is 341 g/mol. The molecule has 1 aliphatic heterocycles. The third kappa shape index (κ3) is 2.86. The van der Waals surface area contributed by atoms with Gasteiger partial charge in [-0.3, -0.25) is 15.0 Å². The largest absolute Gasteiger partial charge is 0.319 e. The molecule has 0 saturated carbocycles. The van der Waals surface area contributed by atoms with Gasteiger partial charge in [0.15, 0.2) is 0 Å². The molecule has 2 aliphatic rings. The zero-order valence-corrected chi connectivity index (χ0v) is 13.8. The van der Waals surface area contributed by atoms with Crippen LogP contribution in [-0.4, -0.2) is 41.8 Å². The van der Waals surface area contributed by atoms with Crippen molar-refractivity contribution in [3.63, 3.8) is 0 Å². The molecule has 4 N–H and O–H groups in total. The quantitative estimate of drug-likeness (QED) is 0.264. The van der Waals surface area contributed by atoms with E-state index in [2.05, 4.69) is 10.3 Å². The molecule has 0 saturated heterocycles. The van der Waals surface area contributed by atoms with Crippen LogP contribution in [0.4, 0.5) is 0 Å². The van der Waals surface area contributed by atoms with Crippen LogP contribution >= 0.6 is 0 Å². The molecule has 0 aromatic heterocycles. The highest BCUT2D eigenvalue weighted by Crippen LogP contribution is 2.33. The molecule has 9 nitrogen and oxygen atoms in total. The molecular weight excluding hydrogens is 322 g/mol. The second-order valence-electron chi connectivity index (χ2n) is 6.02. The molecule has 126 valence electrons. The van der Waals surface area contributed by atoms with Crippen molar-refractivity contribution < 1.29 is 18.0 Å². The fourth-order valence-electron chi connectivity index (χ4n) is 2.20. The van der Waals surface area contributed by atoms with E-state index in [0.717, 1.165) is 4.31 Å². The number of sulfonamides is 1. The molecule has 2 rings (SSSR count). The Hall–Kier alpha value is -2.20. The molecule has 1 atom stereocenters. The minimum atomic E-state index is -3.79. The summed E-state index contributed by atoms with van der Waals surface area (Å²) in [4.78, 5) is 26.6. The normalized spacial score (nSPS) is 21.0. The molecule has 0 aromatic rings. The van der Waals surface area contributed by atoms with Crippen molar-refractivity contribution in [2.75, 3.05) is 0 Å². The van der Waals surface area contributed by atoms with Gasteiger partial charge in [-0.05, 0) is 33.3 Å². The molecule has 10 heteroatoms. The Morgan fingerprint density at radius 2 is 2.13 bits per heavy atom. The molecule has 0 fully saturated rings. The smallest absolute Gasteiger partial charge is 0.261 e. The molecule has 0 radical (unpaired) electrons. The minimum absolute atomic E-state index is 0.210. The number of amides is 2. The molecule has 1 unspecified atom stereocenters. The number of allylic oxidation sites excluding steroid dienone is 2. The Balaban J connectivity index is 2.47. The number of fused-ring (bicyclic) bond motifs is 1. The number of nitrogens with two attached hydrogens (primary N) is 1. The van der Waals surface area contributed by atoms with E-state index in [4.69, 9.17) is 5.84 Å². The second kappa shape index (κ2) is 5.78. The maximum absolute atomic E-state index is 12.8. The number of hydrogen-bond donors (Lipinski definition) is 3. The van der Waals surface area contributed by atoms with Crippen molar-refractivity contribution in [3.05, 3.63) is 23.4 Å². The first-order chi connectivity index (χ1) is 10.6. The lowest BCUT2D eigenvalue weighted by Gasteiger charge is -2.32. The van der Waals surface area contributed by atoms with E-state index in [1.54, 1.807) is 26.8 Å². The summed E-state index contributed by atoms with van der Waals surface area (Å²) in [5, 5.41) is 2.37. The van der Waals surface area contributed by atoms with E-state index < -0.39 is 27.0 Å². The zero-order valence-electron chi connectivity index (χ0n) is 13.0. The van der Waals surface area contributed by atoms with Gasteiger partial charge in [0, 0.05) is 5.57 Å². The van der Waals surface area contributed by atoms with E-state index in [1.807, 2.05) is 5.43 Å². The van der Waals surface area contributed by atoms with Gasteiger partial charge in [0.2, 0.25) is 22.7 Å². The fourth-order valence-corrected chi connectivity index (χ4v) is 3.59. The van der Waals surface area contributed by atoms with Gasteiger partial charge in [0.25, 0.3) is 5.91 Å². The third-order valence-corrected chi connectivity index (χ3v) is 5.94. The second-order valence-corrected chi connectivity index (χ2v) is 8.59. The highest BCUT2D eigenvalue weighted by Gasteiger charge is 2.45. The topological polar surface area (TPSA) is 134 Å². The van der Waals surface area contributed by atoms with Crippen molar-refractivity contribution in [1.29, 1.82) is 0 Å². The summed E-state index contributed by atoms with van der Waals surface area (Å²) < 4.78 is 25.6. The number of carbonyl (C=O) groups excluding carboxylic acids is 2. The third-order valence-electron chi connectivity index (χ3n) is 3.48. The van der Waals surface area contributed by atoms with Crippen LogP contribution in [0.25, 0.3) is 0 Å². The van der Waals surface area contributed by atoms with Crippen LogP contribution in [0.3, 0.4) is 0 Å². The van der Waals surface area contributed by atoms with Crippen molar-refractivity contribution in [1.82, 2.24) is 15.0 Å². The Bertz CT molecular complexity index is 730. The van der Waals surface area contributed by atoms with Crippen LogP contribution < -0.4 is 16.6 Å². The molecule has 1 heterocycles. The van der Waals surface area contributed by atoms with Crippen LogP contribution in [0.2, 0.25) is 0 Å². The molecule has 1 aliphatic carbocycles. The van der Waals surface area contributed by atoms with Crippen LogP contribution in [0.15, 0.2) is 28.4 Å². The number of hydrogen-bond acceptors (Lipinski definition) is 6. The number of nitrogens with zero attached hydrogens (tertiary/aromatic N) is 2. The van der Waals surface area contributed by atoms with E-state index in [0.29, 0.717) is 23.4 Å². The number of carbonyl (C=O) groups is 2. The lowest BCUT2D eigenvalue weighted by atomic mass is 10.0. The van der Waals surface area contributed by atoms with Crippen LogP contribution in [0, 0.1) is 0 Å². The number of aliphatic imine (C=N–C) groups is 1. The first kappa shape index (κ1) is 17.2. The van der Waals surface area contributed by atoms with Gasteiger partial charge < -0.3 is 5.32 Å². The predicted molar refractivity (Wildman–Crippen MR) is 84.0 cm³/mol. The van der Waals surface area contributed by atoms with Crippen molar-refractivity contribution in [2.45, 2.75) is 38.2 Å². The summed E-state index contributed by atoms with van der Waals surface area (Å²) in [5.41, 5.74) is 3.03. The predicted octanol–water partition coefficient (Wildman–Crippen LogP) is -0.895. The van der Waals surface area contributed by atoms with Crippen LogP contribution in [0.5, 0.6) is 0 Å². The number of hydrazine groups is 1. The highest BCUT2D eigenvalue weighted by molar-refractivity contribution is 7.90. The summed E-state index contributed by atoms with van der Waals surface area (Å²) in [5.74, 6) is 4.63. The maximum Gasteiger partial charge on any atom is 0.261 e. The van der Waals surface area contributed by atoms with Gasteiger partial charge in [-0.2, -0.15) is 0 Å². The minimum Gasteiger partial charge on any atom is -0.319 e. The van der Waals surface area contributed by atoms with Gasteiger partial charge in [0.05, 0.1) is 16.2 Å². The van der Waals surface area contributed by atoms with Gasteiger partial charge >= 0.3 is 0 Å². The van der Waals surface area contributed by atoms with E-state index >= 15 is 0 Å². The standard InChI is InChI=1S/C13H19N5O4S/c1-13(2,3)23(21,22)18-10-5-4-8(11(20)17-14)6-9(10)16-12(18)15-7-19/h5-7,12H,4,14H2,1-3H3,(H,15,19)(H,17,20). The zero-order chi connectivity index (χ0) is 17.4. The lowest BCUT2D eigenvalue weighted by molar-refractivity contribution is -0.117. The van der Waals surface area contributed by atoms with E-state index in [1.165, 1.54) is 6.08 Å². The first-order valence-electron chi connectivity index (χ1n) is 6.87. The van der Waals surface area contributed by atoms with E-state index in [-0.39, 0.29) is 6.42 Å². The molecule has 2 amide bonds. The van der Waals surface area contributed by atoms with Crippen LogP contribution in [-0.2, 0) is 19.6 Å². The highest BCUT2D eigenvalue weighted by atomic mass is 32.2. The summed E-state index contributed by atoms with van der Waals surface area (Å²) in [6.07, 6.45) is 2.57. The number of rotatable bonds is 4. The van der Waals surface area contributed by atoms with Gasteiger partial charge in [-0.1, -0.05) is 6.08 Å². The van der Waals surface area contributed by atoms with Gasteiger partial charge in [-0.15, -0.1) is 0 Å². The summed E-state index contributed by atoms with van der Waals surface area (Å²) in [6, 6.07) is 0. The van der Waals surface area contributed by atoms with Gasteiger partial charge in [-0.25, -0.2) is 23.6 Å². The molecule has 0 bridgehead atoms. The first-order valence-corrected chi connectivity index (χ1v) is 8.31. The van der Waals surface area contributed by atoms with Crippen molar-refractivity contribution in [3.8, 4) is 0 Å². The Kier molecular flexibility index (Phi) is 4.31. The van der Waals surface area contributed by atoms with Gasteiger partial charge in [0.1, 0.15) is 0 Å². The summed E-state index contributed by atoms with van der Waals surface area (Å²) >= 11 is 0. The summed E-state index contributed by atoms with van der Waals surface area (Å²) in [7, 11) is -3.79. The fraction of sp³-hybridized carbons (Fsp3) is 0.462. The average Bonchev–Trinajstić information content (AvgIpc) is 2.83. The SMILES string of the molecule is CC(C)(C)S(=O)(=O)N1C2=CCC(C(=O)NN)=CC2=NC1NC=O. The molecule has 0 aromatic carbocycles. The monoisotopic (exact) mass is 341 g/mol. The Morgan fingerprint density at radius 1 is 1.48 bits per heavy atom. The van der Waals surface area contributed by atoms with Crippen molar-refractivity contribution in [2.24, 2.45) is 10.8 Å². The summed E-state index contributed by atoms with van der Waals surface area (Å²) in [6.45, 7) is 4.68. The lowest BCUT2D eigenvalue weighted by Crippen LogP contribution is -2.50. The van der Waals surface area contributed by atoms with E-state index in [9.17, 15) is 18.0 Å². The number of nitrogens with one attached hydrogen (secondary N) is 2. The maximum atomic E-state index is 12.8. The Labute approximate surface area is 134 Å². The molecule has 0 spiro atoms. The van der Waals surface area contributed by atoms with Crippen LogP contribution in [0.1, 0.15) is 27.2 Å². The Morgan fingerprint density at radius 3 is 2.65 bits per heavy atom. The van der Waals surface area contributed by atoms with Crippen molar-refractivity contribution >= 4 is 28.1 Å². The molecular formula is C13H19N5O4S.